The molecule has 26 heavy (non-hydrogen) atoms. The van der Waals surface area contributed by atoms with Crippen LogP contribution >= 0.6 is 0 Å². The van der Waals surface area contributed by atoms with Crippen LogP contribution in [0.4, 0.5) is 5.82 Å². The number of phenols is 2. The fraction of sp³-hybridized carbons (Fsp3) is 0.333. The monoisotopic (exact) mass is 352 g/mol. The first-order valence-electron chi connectivity index (χ1n) is 9.05. The number of aromatic hydroxyl groups is 2. The first-order chi connectivity index (χ1) is 12.6. The molecule has 1 aromatic carbocycles. The smallest absolute Gasteiger partial charge is 0.259 e. The van der Waals surface area contributed by atoms with Crippen molar-refractivity contribution in [2.45, 2.75) is 45.1 Å². The zero-order valence-corrected chi connectivity index (χ0v) is 14.9. The Bertz CT molecular complexity index is 796. The van der Waals surface area contributed by atoms with Crippen LogP contribution in [0.2, 0.25) is 0 Å². The fourth-order valence-electron chi connectivity index (χ4n) is 3.53. The summed E-state index contributed by atoms with van der Waals surface area (Å²) in [6.07, 6.45) is 8.76. The molecule has 1 aliphatic carbocycles. The van der Waals surface area contributed by atoms with Gasteiger partial charge in [-0.1, -0.05) is 37.5 Å². The van der Waals surface area contributed by atoms with Gasteiger partial charge < -0.3 is 10.2 Å². The zero-order chi connectivity index (χ0) is 18.5. The summed E-state index contributed by atoms with van der Waals surface area (Å²) in [5, 5.41) is 19.4. The van der Waals surface area contributed by atoms with Gasteiger partial charge in [0, 0.05) is 17.8 Å². The largest absolute Gasteiger partial charge is 0.504 e. The molecule has 0 unspecified atom stereocenters. The van der Waals surface area contributed by atoms with E-state index in [2.05, 4.69) is 4.98 Å². The Hall–Kier alpha value is -2.82. The van der Waals surface area contributed by atoms with E-state index in [0.29, 0.717) is 17.0 Å². The third-order valence-corrected chi connectivity index (χ3v) is 4.86. The molecular weight excluding hydrogens is 328 g/mol. The molecule has 136 valence electrons. The minimum Gasteiger partial charge on any atom is -0.504 e. The summed E-state index contributed by atoms with van der Waals surface area (Å²) in [5.41, 5.74) is 1.06. The van der Waals surface area contributed by atoms with Crippen molar-refractivity contribution < 1.29 is 15.0 Å². The van der Waals surface area contributed by atoms with Crippen molar-refractivity contribution in [3.8, 4) is 11.5 Å². The first-order valence-corrected chi connectivity index (χ1v) is 9.05. The van der Waals surface area contributed by atoms with Gasteiger partial charge in [-0.25, -0.2) is 4.98 Å². The maximum atomic E-state index is 13.4. The summed E-state index contributed by atoms with van der Waals surface area (Å²) >= 11 is 0. The number of carbonyl (C=O) groups excluding carboxylic acids is 1. The summed E-state index contributed by atoms with van der Waals surface area (Å²) in [4.78, 5) is 19.6. The molecule has 1 aromatic heterocycles. The van der Waals surface area contributed by atoms with Crippen LogP contribution in [0, 0.1) is 0 Å². The van der Waals surface area contributed by atoms with Crippen LogP contribution in [0.15, 0.2) is 48.7 Å². The number of carbonyl (C=O) groups is 1. The topological polar surface area (TPSA) is 73.7 Å². The molecule has 3 rings (SSSR count). The highest BCUT2D eigenvalue weighted by molar-refractivity contribution is 6.26. The molecule has 5 heteroatoms. The third-order valence-electron chi connectivity index (χ3n) is 4.86. The zero-order valence-electron chi connectivity index (χ0n) is 14.9. The first kappa shape index (κ1) is 18.0. The van der Waals surface area contributed by atoms with E-state index in [-0.39, 0.29) is 23.4 Å². The number of benzene rings is 1. The summed E-state index contributed by atoms with van der Waals surface area (Å²) in [7, 11) is 0. The molecule has 0 radical (unpaired) electrons. The number of hydrogen-bond acceptors (Lipinski definition) is 4. The molecule has 0 saturated heterocycles. The molecule has 0 atom stereocenters. The molecule has 0 spiro atoms. The number of nitrogens with zero attached hydrogens (tertiary/aromatic N) is 2. The number of hydrogen-bond donors (Lipinski definition) is 2. The molecule has 1 heterocycles. The van der Waals surface area contributed by atoms with Crippen LogP contribution < -0.4 is 4.90 Å². The SMILES string of the molecule is C/C=C(/C(=O)N(c1ccccn1)C1CCCCC1)c1ccc(O)c(O)c1. The second kappa shape index (κ2) is 8.04. The third kappa shape index (κ3) is 3.72. The van der Waals surface area contributed by atoms with E-state index in [1.54, 1.807) is 30.2 Å². The summed E-state index contributed by atoms with van der Waals surface area (Å²) < 4.78 is 0. The van der Waals surface area contributed by atoms with Crippen LogP contribution in [0.3, 0.4) is 0 Å². The van der Waals surface area contributed by atoms with Gasteiger partial charge in [-0.15, -0.1) is 0 Å². The second-order valence-corrected chi connectivity index (χ2v) is 6.56. The molecule has 2 N–H and O–H groups in total. The molecule has 2 aromatic rings. The Morgan fingerprint density at radius 2 is 1.88 bits per heavy atom. The van der Waals surface area contributed by atoms with E-state index in [1.165, 1.54) is 18.6 Å². The summed E-state index contributed by atoms with van der Waals surface area (Å²) in [5.74, 6) is 0.0668. The van der Waals surface area contributed by atoms with Gasteiger partial charge in [0.1, 0.15) is 5.82 Å². The number of rotatable bonds is 4. The van der Waals surface area contributed by atoms with E-state index in [9.17, 15) is 15.0 Å². The standard InChI is InChI=1S/C21H24N2O3/c1-2-17(15-11-12-18(24)19(25)14-15)21(26)23(16-8-4-3-5-9-16)20-10-6-7-13-22-20/h2,6-7,10-14,16,24-25H,3-5,8-9H2,1H3/b17-2+. The van der Waals surface area contributed by atoms with E-state index in [1.807, 2.05) is 18.2 Å². The highest BCUT2D eigenvalue weighted by Gasteiger charge is 2.30. The average Bonchev–Trinajstić information content (AvgIpc) is 2.67. The molecule has 1 saturated carbocycles. The van der Waals surface area contributed by atoms with Crippen molar-refractivity contribution >= 4 is 17.3 Å². The molecule has 1 aliphatic rings. The fourth-order valence-corrected chi connectivity index (χ4v) is 3.53. The van der Waals surface area contributed by atoms with E-state index in [0.717, 1.165) is 25.7 Å². The Balaban J connectivity index is 1.98. The minimum atomic E-state index is -0.239. The predicted molar refractivity (Wildman–Crippen MR) is 102 cm³/mol. The molecule has 5 nitrogen and oxygen atoms in total. The van der Waals surface area contributed by atoms with Gasteiger partial charge in [0.2, 0.25) is 0 Å². The van der Waals surface area contributed by atoms with E-state index in [4.69, 9.17) is 0 Å². The van der Waals surface area contributed by atoms with Crippen molar-refractivity contribution in [1.82, 2.24) is 4.98 Å². The quantitative estimate of drug-likeness (QED) is 0.637. The molecule has 0 aliphatic heterocycles. The highest BCUT2D eigenvalue weighted by atomic mass is 16.3. The minimum absolute atomic E-state index is 0.117. The summed E-state index contributed by atoms with van der Waals surface area (Å²) in [6.45, 7) is 1.80. The van der Waals surface area contributed by atoms with Crippen LogP contribution in [0.1, 0.15) is 44.6 Å². The van der Waals surface area contributed by atoms with Crippen molar-refractivity contribution in [3.05, 3.63) is 54.2 Å². The highest BCUT2D eigenvalue weighted by Crippen LogP contribution is 2.32. The lowest BCUT2D eigenvalue weighted by atomic mass is 9.93. The van der Waals surface area contributed by atoms with Crippen molar-refractivity contribution in [1.29, 1.82) is 0 Å². The molecule has 1 fully saturated rings. The van der Waals surface area contributed by atoms with Gasteiger partial charge in [0.25, 0.3) is 5.91 Å². The lowest BCUT2D eigenvalue weighted by Crippen LogP contribution is -2.42. The van der Waals surface area contributed by atoms with Gasteiger partial charge in [-0.2, -0.15) is 0 Å². The van der Waals surface area contributed by atoms with Gasteiger partial charge in [-0.3, -0.25) is 9.69 Å². The van der Waals surface area contributed by atoms with Crippen LogP contribution in [0.25, 0.3) is 5.57 Å². The average molecular weight is 352 g/mol. The lowest BCUT2D eigenvalue weighted by Gasteiger charge is -2.34. The van der Waals surface area contributed by atoms with Crippen LogP contribution in [-0.4, -0.2) is 27.1 Å². The Morgan fingerprint density at radius 3 is 2.50 bits per heavy atom. The number of allylic oxidation sites excluding steroid dienone is 1. The number of phenolic OH excluding ortho intramolecular Hbond substituents is 2. The molecule has 1 amide bonds. The van der Waals surface area contributed by atoms with Gasteiger partial charge in [0.05, 0.1) is 0 Å². The van der Waals surface area contributed by atoms with Crippen molar-refractivity contribution in [3.63, 3.8) is 0 Å². The maximum Gasteiger partial charge on any atom is 0.259 e. The van der Waals surface area contributed by atoms with Gasteiger partial charge in [-0.05, 0) is 49.6 Å². The Kier molecular flexibility index (Phi) is 5.56. The van der Waals surface area contributed by atoms with Gasteiger partial charge >= 0.3 is 0 Å². The van der Waals surface area contributed by atoms with Crippen molar-refractivity contribution in [2.75, 3.05) is 4.90 Å². The lowest BCUT2D eigenvalue weighted by molar-refractivity contribution is -0.114. The van der Waals surface area contributed by atoms with Gasteiger partial charge in [0.15, 0.2) is 11.5 Å². The number of pyridine rings is 1. The second-order valence-electron chi connectivity index (χ2n) is 6.56. The van der Waals surface area contributed by atoms with Crippen molar-refractivity contribution in [2.24, 2.45) is 0 Å². The predicted octanol–water partition coefficient (Wildman–Crippen LogP) is 4.26. The normalized spacial score (nSPS) is 15.7. The van der Waals surface area contributed by atoms with E-state index < -0.39 is 0 Å². The van der Waals surface area contributed by atoms with Crippen LogP contribution in [0.5, 0.6) is 11.5 Å². The Morgan fingerprint density at radius 1 is 1.12 bits per heavy atom. The van der Waals surface area contributed by atoms with Crippen LogP contribution in [-0.2, 0) is 4.79 Å². The van der Waals surface area contributed by atoms with E-state index >= 15 is 0 Å². The number of aromatic nitrogens is 1. The molecular formula is C21H24N2O3. The summed E-state index contributed by atoms with van der Waals surface area (Å²) in [6, 6.07) is 10.1. The maximum absolute atomic E-state index is 13.4. The number of amides is 1. The molecule has 0 bridgehead atoms. The Labute approximate surface area is 153 Å². The number of anilines is 1.